The average Bonchev–Trinajstić information content (AvgIpc) is 2.01. The van der Waals surface area contributed by atoms with Crippen LogP contribution in [0.5, 0.6) is 0 Å². The maximum absolute atomic E-state index is 2.32. The van der Waals surface area contributed by atoms with E-state index in [1.165, 1.54) is 4.91 Å². The van der Waals surface area contributed by atoms with Crippen LogP contribution in [0.2, 0.25) is 0 Å². The van der Waals surface area contributed by atoms with E-state index in [2.05, 4.69) is 59.8 Å². The Morgan fingerprint density at radius 1 is 1.07 bits per heavy atom. The Bertz CT molecular complexity index is 258. The van der Waals surface area contributed by atoms with Gasteiger partial charge in [0.05, 0.1) is 0 Å². The maximum atomic E-state index is 2.32. The number of allylic oxidation sites excluding steroid dienone is 3. The van der Waals surface area contributed by atoms with Gasteiger partial charge >= 0.3 is 0 Å². The van der Waals surface area contributed by atoms with Crippen molar-refractivity contribution < 1.29 is 0 Å². The van der Waals surface area contributed by atoms with Gasteiger partial charge in [0.1, 0.15) is 0 Å². The third-order valence-corrected chi connectivity index (χ3v) is 4.50. The lowest BCUT2D eigenvalue weighted by atomic mass is 9.90. The molecule has 1 aliphatic rings. The molecule has 1 heteroatoms. The predicted octanol–water partition coefficient (Wildman–Crippen LogP) is 4.63. The quantitative estimate of drug-likeness (QED) is 0.561. The molecule has 0 spiro atoms. The minimum Gasteiger partial charge on any atom is -0.122 e. The number of hydrogen-bond acceptors (Lipinski definition) is 1. The van der Waals surface area contributed by atoms with Gasteiger partial charge in [-0.3, -0.25) is 0 Å². The van der Waals surface area contributed by atoms with Gasteiger partial charge in [0.25, 0.3) is 0 Å². The lowest BCUT2D eigenvalue weighted by Gasteiger charge is -2.34. The lowest BCUT2D eigenvalue weighted by molar-refractivity contribution is 0.430. The lowest BCUT2D eigenvalue weighted by Crippen LogP contribution is -2.24. The van der Waals surface area contributed by atoms with Crippen molar-refractivity contribution in [3.63, 3.8) is 0 Å². The molecule has 1 unspecified atom stereocenters. The van der Waals surface area contributed by atoms with Gasteiger partial charge < -0.3 is 0 Å². The highest BCUT2D eigenvalue weighted by Gasteiger charge is 2.29. The molecular weight excluding hydrogens is 188 g/mol. The molecule has 0 saturated heterocycles. The van der Waals surface area contributed by atoms with Crippen LogP contribution >= 0.6 is 11.8 Å². The fourth-order valence-corrected chi connectivity index (χ4v) is 2.66. The molecule has 1 heterocycles. The van der Waals surface area contributed by atoms with E-state index >= 15 is 0 Å². The van der Waals surface area contributed by atoms with Crippen molar-refractivity contribution in [2.45, 2.75) is 46.8 Å². The van der Waals surface area contributed by atoms with E-state index in [1.807, 2.05) is 11.8 Å². The minimum atomic E-state index is 0.291. The molecule has 0 aromatic heterocycles. The standard InChI is InChI=1S/C13H22S/c1-12(2,3)10-8-7-9-11(14-10)13(4,5)6/h7-10H,1-6H3. The minimum absolute atomic E-state index is 0.291. The normalized spacial score (nSPS) is 23.6. The summed E-state index contributed by atoms with van der Waals surface area (Å²) in [6, 6.07) is 0. The molecule has 0 radical (unpaired) electrons. The molecule has 0 aromatic rings. The zero-order chi connectivity index (χ0) is 11.0. The van der Waals surface area contributed by atoms with Crippen LogP contribution < -0.4 is 0 Å². The molecule has 0 nitrogen and oxygen atoms in total. The first kappa shape index (κ1) is 11.9. The molecule has 1 atom stereocenters. The van der Waals surface area contributed by atoms with E-state index in [-0.39, 0.29) is 0 Å². The highest BCUT2D eigenvalue weighted by Crippen LogP contribution is 2.44. The third-order valence-electron chi connectivity index (χ3n) is 2.38. The van der Waals surface area contributed by atoms with Gasteiger partial charge in [-0.2, -0.15) is 0 Å². The molecule has 80 valence electrons. The second-order valence-corrected chi connectivity index (χ2v) is 7.25. The zero-order valence-electron chi connectivity index (χ0n) is 10.2. The molecule has 0 amide bonds. The largest absolute Gasteiger partial charge is 0.122 e. The van der Waals surface area contributed by atoms with Crippen LogP contribution in [0, 0.1) is 10.8 Å². The molecule has 0 aliphatic carbocycles. The summed E-state index contributed by atoms with van der Waals surface area (Å²) in [4.78, 5) is 1.50. The molecular formula is C13H22S. The molecule has 0 aromatic carbocycles. The molecule has 1 rings (SSSR count). The Hall–Kier alpha value is -0.170. The van der Waals surface area contributed by atoms with E-state index in [0.29, 0.717) is 16.1 Å². The van der Waals surface area contributed by atoms with Crippen molar-refractivity contribution in [1.82, 2.24) is 0 Å². The second-order valence-electron chi connectivity index (χ2n) is 6.07. The Labute approximate surface area is 92.9 Å². The smallest absolute Gasteiger partial charge is 0.0322 e. The van der Waals surface area contributed by atoms with Gasteiger partial charge in [0, 0.05) is 5.25 Å². The predicted molar refractivity (Wildman–Crippen MR) is 67.5 cm³/mol. The molecule has 0 saturated carbocycles. The molecule has 1 aliphatic heterocycles. The van der Waals surface area contributed by atoms with E-state index in [4.69, 9.17) is 0 Å². The highest BCUT2D eigenvalue weighted by molar-refractivity contribution is 8.03. The first-order valence-corrected chi connectivity index (χ1v) is 6.15. The molecule has 0 bridgehead atoms. The van der Waals surface area contributed by atoms with Crippen LogP contribution in [0.15, 0.2) is 23.1 Å². The van der Waals surface area contributed by atoms with Gasteiger partial charge in [-0.15, -0.1) is 11.8 Å². The summed E-state index contributed by atoms with van der Waals surface area (Å²) in [5.41, 5.74) is 0.644. The van der Waals surface area contributed by atoms with Crippen molar-refractivity contribution >= 4 is 11.8 Å². The summed E-state index contributed by atoms with van der Waals surface area (Å²) in [6.45, 7) is 13.8. The van der Waals surface area contributed by atoms with Gasteiger partial charge in [0.2, 0.25) is 0 Å². The van der Waals surface area contributed by atoms with Gasteiger partial charge in [-0.05, 0) is 15.7 Å². The van der Waals surface area contributed by atoms with Crippen LogP contribution in [0.4, 0.5) is 0 Å². The van der Waals surface area contributed by atoms with Crippen LogP contribution in [-0.4, -0.2) is 5.25 Å². The van der Waals surface area contributed by atoms with E-state index in [1.54, 1.807) is 0 Å². The van der Waals surface area contributed by atoms with Crippen molar-refractivity contribution in [2.24, 2.45) is 10.8 Å². The fraction of sp³-hybridized carbons (Fsp3) is 0.692. The number of thioether (sulfide) groups is 1. The SMILES string of the molecule is CC(C)(C)C1=CC=CC(C(C)(C)C)S1. The average molecular weight is 210 g/mol. The van der Waals surface area contributed by atoms with Crippen LogP contribution in [0.25, 0.3) is 0 Å². The monoisotopic (exact) mass is 210 g/mol. The summed E-state index contributed by atoms with van der Waals surface area (Å²) >= 11 is 2.02. The van der Waals surface area contributed by atoms with Crippen molar-refractivity contribution in [2.75, 3.05) is 0 Å². The molecule has 0 N–H and O–H groups in total. The second kappa shape index (κ2) is 3.77. The maximum Gasteiger partial charge on any atom is 0.0322 e. The number of hydrogen-bond donors (Lipinski definition) is 0. The Kier molecular flexibility index (Phi) is 3.20. The van der Waals surface area contributed by atoms with Crippen LogP contribution in [0.3, 0.4) is 0 Å². The van der Waals surface area contributed by atoms with Crippen molar-refractivity contribution in [3.05, 3.63) is 23.1 Å². The topological polar surface area (TPSA) is 0 Å². The van der Waals surface area contributed by atoms with E-state index in [0.717, 1.165) is 0 Å². The molecule has 14 heavy (non-hydrogen) atoms. The van der Waals surface area contributed by atoms with Gasteiger partial charge in [0.15, 0.2) is 0 Å². The Morgan fingerprint density at radius 3 is 2.07 bits per heavy atom. The van der Waals surface area contributed by atoms with E-state index in [9.17, 15) is 0 Å². The van der Waals surface area contributed by atoms with E-state index < -0.39 is 0 Å². The Balaban J connectivity index is 2.80. The Morgan fingerprint density at radius 2 is 1.64 bits per heavy atom. The summed E-state index contributed by atoms with van der Waals surface area (Å²) < 4.78 is 0. The van der Waals surface area contributed by atoms with Crippen molar-refractivity contribution in [3.8, 4) is 0 Å². The molecule has 0 fully saturated rings. The summed E-state index contributed by atoms with van der Waals surface area (Å²) in [6.07, 6.45) is 6.79. The summed E-state index contributed by atoms with van der Waals surface area (Å²) in [5, 5.41) is 0.613. The fourth-order valence-electron chi connectivity index (χ4n) is 1.35. The van der Waals surface area contributed by atoms with Gasteiger partial charge in [-0.25, -0.2) is 0 Å². The van der Waals surface area contributed by atoms with Crippen molar-refractivity contribution in [1.29, 1.82) is 0 Å². The zero-order valence-corrected chi connectivity index (χ0v) is 11.0. The van der Waals surface area contributed by atoms with Gasteiger partial charge in [-0.1, -0.05) is 59.8 Å². The first-order chi connectivity index (χ1) is 6.21. The summed E-state index contributed by atoms with van der Waals surface area (Å²) in [5.74, 6) is 0. The third kappa shape index (κ3) is 2.91. The number of rotatable bonds is 0. The first-order valence-electron chi connectivity index (χ1n) is 5.27. The van der Waals surface area contributed by atoms with Crippen LogP contribution in [0.1, 0.15) is 41.5 Å². The highest BCUT2D eigenvalue weighted by atomic mass is 32.2. The van der Waals surface area contributed by atoms with Crippen LogP contribution in [-0.2, 0) is 0 Å². The summed E-state index contributed by atoms with van der Waals surface area (Å²) in [7, 11) is 0.